The number of nitrogens with zero attached hydrogens (tertiary/aromatic N) is 6. The number of rotatable bonds is 10. The Hall–Kier alpha value is -6.16. The molecule has 0 aliphatic heterocycles. The van der Waals surface area contributed by atoms with Crippen LogP contribution in [0.1, 0.15) is 83.9 Å². The van der Waals surface area contributed by atoms with Gasteiger partial charge in [0.15, 0.2) is 11.3 Å². The minimum atomic E-state index is -4.58. The van der Waals surface area contributed by atoms with Crippen LogP contribution in [-0.2, 0) is 33.3 Å². The maximum Gasteiger partial charge on any atom is 0.433 e. The Labute approximate surface area is 379 Å². The highest BCUT2D eigenvalue weighted by Crippen LogP contribution is 2.47. The third kappa shape index (κ3) is 11.4. The molecule has 0 spiro atoms. The Morgan fingerprint density at radius 3 is 1.30 bits per heavy atom. The highest BCUT2D eigenvalue weighted by Gasteiger charge is 2.43. The zero-order chi connectivity index (χ0) is 47.6. The molecule has 348 valence electrons. The number of hydrogen-bond donors (Lipinski definition) is 4. The molecular weight excluding hydrogens is 921 g/mol. The lowest BCUT2D eigenvalue weighted by atomic mass is 9.80. The summed E-state index contributed by atoms with van der Waals surface area (Å²) in [4.78, 5) is 46.9. The second-order valence-electron chi connectivity index (χ2n) is 16.2. The van der Waals surface area contributed by atoms with Gasteiger partial charge in [0.25, 0.3) is 0 Å². The molecule has 2 aromatic carbocycles. The molecule has 8 rings (SSSR count). The van der Waals surface area contributed by atoms with Crippen molar-refractivity contribution in [2.45, 2.75) is 88.9 Å². The number of nitrogens with one attached hydrogen (secondary N) is 2. The first kappa shape index (κ1) is 47.8. The van der Waals surface area contributed by atoms with Crippen LogP contribution in [0.15, 0.2) is 73.3 Å². The number of carbonyl (C=O) groups is 2. The lowest BCUT2D eigenvalue weighted by Crippen LogP contribution is -2.30. The average Bonchev–Trinajstić information content (AvgIpc) is 3.97. The smallest absolute Gasteiger partial charge is 0.433 e. The van der Waals surface area contributed by atoms with Gasteiger partial charge in [0.05, 0.1) is 21.6 Å². The van der Waals surface area contributed by atoms with Gasteiger partial charge in [-0.2, -0.15) is 26.3 Å². The van der Waals surface area contributed by atoms with E-state index in [1.807, 2.05) is 26.0 Å². The lowest BCUT2D eigenvalue weighted by molar-refractivity contribution is -0.145. The minimum Gasteiger partial charge on any atom is -0.481 e. The molecule has 0 radical (unpaired) electrons. The number of aromatic nitrogens is 6. The fourth-order valence-corrected chi connectivity index (χ4v) is 9.79. The SMILES string of the molecule is Cc1cc(Nc2nccc(C(F)(F)F)n2)cc(-c2cnc(C3(F)CCC(C(=O)O)CC3)s2)c1.Cc1cc(Nc2nccc(C(F)(F)F)n2)cc(-c2cnc(C3(F)CCC(C(=O)O)CC3)s2)c1. The number of alkyl halides is 8. The molecule has 6 aromatic rings. The van der Waals surface area contributed by atoms with Crippen LogP contribution in [0.4, 0.5) is 58.4 Å². The van der Waals surface area contributed by atoms with Crippen LogP contribution < -0.4 is 10.6 Å². The van der Waals surface area contributed by atoms with Gasteiger partial charge >= 0.3 is 24.3 Å². The van der Waals surface area contributed by atoms with E-state index in [0.29, 0.717) is 31.1 Å². The normalized spacial score (nSPS) is 21.1. The molecule has 0 atom stereocenters. The predicted octanol–water partition coefficient (Wildman–Crippen LogP) is 12.2. The Kier molecular flexibility index (Phi) is 13.7. The van der Waals surface area contributed by atoms with Gasteiger partial charge in [0, 0.05) is 36.2 Å². The molecular formula is C44H40F8N8O4S2. The largest absolute Gasteiger partial charge is 0.481 e. The second-order valence-corrected chi connectivity index (χ2v) is 18.2. The Morgan fingerprint density at radius 1 is 0.606 bits per heavy atom. The molecule has 0 bridgehead atoms. The van der Waals surface area contributed by atoms with Gasteiger partial charge in [0.1, 0.15) is 21.4 Å². The summed E-state index contributed by atoms with van der Waals surface area (Å²) in [5, 5.41) is 24.5. The average molecular weight is 961 g/mol. The van der Waals surface area contributed by atoms with E-state index in [1.54, 1.807) is 36.7 Å². The molecule has 4 aromatic heterocycles. The molecule has 4 heterocycles. The van der Waals surface area contributed by atoms with E-state index >= 15 is 8.78 Å². The minimum absolute atomic E-state index is 0.102. The molecule has 4 N–H and O–H groups in total. The summed E-state index contributed by atoms with van der Waals surface area (Å²) in [5.41, 5.74) is -1.36. The molecule has 2 fully saturated rings. The van der Waals surface area contributed by atoms with E-state index in [-0.39, 0.29) is 63.3 Å². The Bertz CT molecular complexity index is 2530. The fourth-order valence-electron chi connectivity index (χ4n) is 7.71. The molecule has 2 saturated carbocycles. The molecule has 0 unspecified atom stereocenters. The van der Waals surface area contributed by atoms with Crippen molar-refractivity contribution in [1.29, 1.82) is 0 Å². The van der Waals surface area contributed by atoms with Crippen LogP contribution in [0.3, 0.4) is 0 Å². The number of carboxylic acids is 2. The summed E-state index contributed by atoms with van der Waals surface area (Å²) in [6.07, 6.45) is -2.53. The van der Waals surface area contributed by atoms with Crippen molar-refractivity contribution < 1.29 is 54.9 Å². The van der Waals surface area contributed by atoms with Crippen molar-refractivity contribution in [3.63, 3.8) is 0 Å². The summed E-state index contributed by atoms with van der Waals surface area (Å²) in [5.74, 6) is -3.25. The monoisotopic (exact) mass is 960 g/mol. The van der Waals surface area contributed by atoms with E-state index < -0.39 is 58.9 Å². The molecule has 12 nitrogen and oxygen atoms in total. The van der Waals surface area contributed by atoms with Crippen LogP contribution in [0, 0.1) is 25.7 Å². The first-order chi connectivity index (χ1) is 31.1. The van der Waals surface area contributed by atoms with Crippen molar-refractivity contribution >= 4 is 57.9 Å². The summed E-state index contributed by atoms with van der Waals surface area (Å²) in [6.45, 7) is 3.65. The zero-order valence-corrected chi connectivity index (χ0v) is 36.6. The predicted molar refractivity (Wildman–Crippen MR) is 230 cm³/mol. The van der Waals surface area contributed by atoms with Crippen LogP contribution in [0.5, 0.6) is 0 Å². The zero-order valence-electron chi connectivity index (χ0n) is 35.0. The molecule has 22 heteroatoms. The lowest BCUT2D eigenvalue weighted by Gasteiger charge is -2.30. The maximum absolute atomic E-state index is 15.5. The van der Waals surface area contributed by atoms with Gasteiger partial charge in [-0.25, -0.2) is 38.7 Å². The van der Waals surface area contributed by atoms with Gasteiger partial charge in [-0.05, 0) is 124 Å². The Balaban J connectivity index is 0.000000196. The number of benzene rings is 2. The van der Waals surface area contributed by atoms with Crippen LogP contribution in [-0.4, -0.2) is 52.1 Å². The summed E-state index contributed by atoms with van der Waals surface area (Å²) in [6, 6.07) is 12.2. The number of halogens is 8. The van der Waals surface area contributed by atoms with E-state index in [4.69, 9.17) is 10.2 Å². The Morgan fingerprint density at radius 2 is 0.970 bits per heavy atom. The maximum atomic E-state index is 15.5. The number of thiazole rings is 2. The first-order valence-corrected chi connectivity index (χ1v) is 22.0. The fraction of sp³-hybridized carbons (Fsp3) is 0.364. The topological polar surface area (TPSA) is 176 Å². The van der Waals surface area contributed by atoms with Crippen molar-refractivity contribution in [1.82, 2.24) is 29.9 Å². The van der Waals surface area contributed by atoms with Crippen molar-refractivity contribution in [2.24, 2.45) is 11.8 Å². The van der Waals surface area contributed by atoms with Gasteiger partial charge in [-0.1, -0.05) is 12.1 Å². The number of aliphatic carboxylic acids is 2. The van der Waals surface area contributed by atoms with E-state index in [9.17, 15) is 35.9 Å². The van der Waals surface area contributed by atoms with Crippen LogP contribution >= 0.6 is 22.7 Å². The van der Waals surface area contributed by atoms with Crippen molar-refractivity contribution in [2.75, 3.05) is 10.6 Å². The summed E-state index contributed by atoms with van der Waals surface area (Å²) in [7, 11) is 0. The van der Waals surface area contributed by atoms with Gasteiger partial charge in [-0.3, -0.25) is 9.59 Å². The summed E-state index contributed by atoms with van der Waals surface area (Å²) < 4.78 is 108. The summed E-state index contributed by atoms with van der Waals surface area (Å²) >= 11 is 2.38. The van der Waals surface area contributed by atoms with Crippen molar-refractivity contribution in [3.05, 3.63) is 106 Å². The third-order valence-corrected chi connectivity index (χ3v) is 13.6. The number of hydrogen-bond acceptors (Lipinski definition) is 12. The quantitative estimate of drug-likeness (QED) is 0.0958. The highest BCUT2D eigenvalue weighted by atomic mass is 32.1. The molecule has 0 saturated heterocycles. The van der Waals surface area contributed by atoms with Crippen LogP contribution in [0.2, 0.25) is 0 Å². The number of anilines is 4. The first-order valence-electron chi connectivity index (χ1n) is 20.4. The molecule has 2 aliphatic rings. The van der Waals surface area contributed by atoms with Crippen LogP contribution in [0.25, 0.3) is 20.9 Å². The standard InChI is InChI=1S/2C22H20F4N4O2S/c2*1-12-8-14(10-15(9-12)29-20-27-7-4-17(30-20)22(24,25)26)16-11-28-19(33-16)21(23)5-2-13(3-6-21)18(31)32/h2*4,7-11,13H,2-3,5-6H2,1H3,(H,31,32)(H,27,29,30). The molecule has 66 heavy (non-hydrogen) atoms. The second kappa shape index (κ2) is 19.0. The van der Waals surface area contributed by atoms with E-state index in [0.717, 1.165) is 46.8 Å². The van der Waals surface area contributed by atoms with Crippen molar-refractivity contribution in [3.8, 4) is 20.9 Å². The highest BCUT2D eigenvalue weighted by molar-refractivity contribution is 7.15. The van der Waals surface area contributed by atoms with Gasteiger partial charge in [-0.15, -0.1) is 22.7 Å². The van der Waals surface area contributed by atoms with E-state index in [1.165, 1.54) is 22.7 Å². The molecule has 2 aliphatic carbocycles. The third-order valence-electron chi connectivity index (χ3n) is 11.2. The van der Waals surface area contributed by atoms with Gasteiger partial charge in [0.2, 0.25) is 11.9 Å². The molecule has 0 amide bonds. The van der Waals surface area contributed by atoms with Gasteiger partial charge < -0.3 is 20.8 Å². The number of carboxylic acid groups (broad SMARTS) is 2. The number of aryl methyl sites for hydroxylation is 2. The van der Waals surface area contributed by atoms with E-state index in [2.05, 4.69) is 40.5 Å².